The molecule has 8 aromatic rings. The van der Waals surface area contributed by atoms with Gasteiger partial charge in [-0.05, 0) is 94.3 Å². The Balaban J connectivity index is 1.37. The minimum atomic E-state index is 0.432. The minimum absolute atomic E-state index is 0.432. The van der Waals surface area contributed by atoms with Crippen molar-refractivity contribution in [1.29, 1.82) is 0 Å². The van der Waals surface area contributed by atoms with E-state index in [0.717, 1.165) is 34.7 Å². The molecule has 0 aliphatic rings. The molecule has 3 nitrogen and oxygen atoms in total. The van der Waals surface area contributed by atoms with Gasteiger partial charge in [-0.1, -0.05) is 113 Å². The first-order valence-electron chi connectivity index (χ1n) is 16.7. The third-order valence-electron chi connectivity index (χ3n) is 9.61. The molecule has 0 fully saturated rings. The summed E-state index contributed by atoms with van der Waals surface area (Å²) in [5.41, 5.74) is 13.5. The molecular formula is C44H39N3. The van der Waals surface area contributed by atoms with Crippen LogP contribution in [0.2, 0.25) is 0 Å². The number of nitrogens with zero attached hydrogens (tertiary/aromatic N) is 3. The van der Waals surface area contributed by atoms with Crippen LogP contribution in [0.15, 0.2) is 140 Å². The zero-order valence-electron chi connectivity index (χ0n) is 27.5. The molecule has 0 unspecified atom stereocenters. The molecule has 0 saturated carbocycles. The number of aromatic nitrogens is 3. The van der Waals surface area contributed by atoms with Crippen LogP contribution in [-0.4, -0.2) is 14.1 Å². The van der Waals surface area contributed by atoms with Crippen molar-refractivity contribution >= 4 is 32.8 Å². The molecule has 0 amide bonds. The Labute approximate surface area is 276 Å². The molecule has 8 rings (SSSR count). The van der Waals surface area contributed by atoms with E-state index in [1.54, 1.807) is 0 Å². The lowest BCUT2D eigenvalue weighted by Crippen LogP contribution is -2.10. The smallest absolute Gasteiger partial charge is 0.141 e. The van der Waals surface area contributed by atoms with E-state index in [1.807, 2.05) is 0 Å². The number of para-hydroxylation sites is 3. The van der Waals surface area contributed by atoms with Gasteiger partial charge < -0.3 is 9.13 Å². The zero-order chi connectivity index (χ0) is 32.1. The van der Waals surface area contributed by atoms with Crippen LogP contribution in [-0.2, 0) is 6.54 Å². The summed E-state index contributed by atoms with van der Waals surface area (Å²) in [5, 5.41) is 2.46. The lowest BCUT2D eigenvalue weighted by atomic mass is 9.88. The third-order valence-corrected chi connectivity index (χ3v) is 9.61. The Hall–Kier alpha value is -5.41. The first kappa shape index (κ1) is 29.0. The Bertz CT molecular complexity index is 2350. The highest BCUT2D eigenvalue weighted by Crippen LogP contribution is 2.38. The zero-order valence-corrected chi connectivity index (χ0v) is 27.5. The van der Waals surface area contributed by atoms with E-state index in [0.29, 0.717) is 11.8 Å². The molecule has 0 radical (unpaired) electrons. The fraction of sp³-hybridized carbons (Fsp3) is 0.159. The van der Waals surface area contributed by atoms with Gasteiger partial charge in [0, 0.05) is 22.0 Å². The van der Waals surface area contributed by atoms with Gasteiger partial charge in [0.1, 0.15) is 5.82 Å². The fourth-order valence-electron chi connectivity index (χ4n) is 7.33. The molecule has 0 spiro atoms. The van der Waals surface area contributed by atoms with Gasteiger partial charge in [-0.3, -0.25) is 0 Å². The van der Waals surface area contributed by atoms with Crippen molar-refractivity contribution in [3.8, 4) is 28.2 Å². The maximum Gasteiger partial charge on any atom is 0.141 e. The number of imidazole rings is 1. The monoisotopic (exact) mass is 609 g/mol. The Kier molecular flexibility index (Phi) is 7.25. The van der Waals surface area contributed by atoms with Crippen LogP contribution >= 0.6 is 0 Å². The predicted molar refractivity (Wildman–Crippen MR) is 199 cm³/mol. The van der Waals surface area contributed by atoms with Crippen molar-refractivity contribution in [3.05, 3.63) is 156 Å². The quantitative estimate of drug-likeness (QED) is 0.176. The summed E-state index contributed by atoms with van der Waals surface area (Å²) < 4.78 is 4.83. The number of fused-ring (bicyclic) bond motifs is 4. The Morgan fingerprint density at radius 2 is 1.09 bits per heavy atom. The Morgan fingerprint density at radius 3 is 1.74 bits per heavy atom. The van der Waals surface area contributed by atoms with E-state index in [2.05, 4.69) is 176 Å². The molecule has 0 atom stereocenters. The van der Waals surface area contributed by atoms with Gasteiger partial charge in [0.25, 0.3) is 0 Å². The largest absolute Gasteiger partial charge is 0.319 e. The summed E-state index contributed by atoms with van der Waals surface area (Å²) in [6.07, 6.45) is 0. The number of rotatable bonds is 7. The maximum atomic E-state index is 5.30. The van der Waals surface area contributed by atoms with Crippen LogP contribution in [0.5, 0.6) is 0 Å². The second-order valence-electron chi connectivity index (χ2n) is 13.2. The van der Waals surface area contributed by atoms with Gasteiger partial charge in [0.05, 0.1) is 28.6 Å². The number of hydrogen-bond donors (Lipinski definition) is 0. The summed E-state index contributed by atoms with van der Waals surface area (Å²) in [6, 6.07) is 50.5. The molecule has 6 aromatic carbocycles. The van der Waals surface area contributed by atoms with Crippen LogP contribution in [0.25, 0.3) is 61.0 Å². The first-order chi connectivity index (χ1) is 23.0. The topological polar surface area (TPSA) is 22.8 Å². The summed E-state index contributed by atoms with van der Waals surface area (Å²) in [5.74, 6) is 1.86. The predicted octanol–water partition coefficient (Wildman–Crippen LogP) is 11.8. The SMILES string of the molecule is CC(C)c1cccc(C(C)C)c1Cn1c(-c2ccc3c(c2)c2cc(-c4ccccc4)ccc2n3-c2ccccc2)nc2ccccc21. The van der Waals surface area contributed by atoms with E-state index in [-0.39, 0.29) is 0 Å². The van der Waals surface area contributed by atoms with Gasteiger partial charge in [-0.25, -0.2) is 4.98 Å². The van der Waals surface area contributed by atoms with Gasteiger partial charge in [-0.15, -0.1) is 0 Å². The Morgan fingerprint density at radius 1 is 0.511 bits per heavy atom. The number of hydrogen-bond acceptors (Lipinski definition) is 1. The van der Waals surface area contributed by atoms with E-state index in [1.165, 1.54) is 49.6 Å². The van der Waals surface area contributed by atoms with E-state index in [4.69, 9.17) is 4.98 Å². The molecule has 0 N–H and O–H groups in total. The van der Waals surface area contributed by atoms with Crippen molar-refractivity contribution < 1.29 is 0 Å². The molecule has 0 aliphatic carbocycles. The average Bonchev–Trinajstić information content (AvgIpc) is 3.63. The fourth-order valence-corrected chi connectivity index (χ4v) is 7.33. The van der Waals surface area contributed by atoms with Gasteiger partial charge >= 0.3 is 0 Å². The summed E-state index contributed by atoms with van der Waals surface area (Å²) in [6.45, 7) is 9.98. The second-order valence-corrected chi connectivity index (χ2v) is 13.2. The highest BCUT2D eigenvalue weighted by Gasteiger charge is 2.20. The van der Waals surface area contributed by atoms with Gasteiger partial charge in [-0.2, -0.15) is 0 Å². The van der Waals surface area contributed by atoms with Crippen LogP contribution in [0.1, 0.15) is 56.2 Å². The van der Waals surface area contributed by atoms with Crippen LogP contribution in [0, 0.1) is 0 Å². The standard InChI is InChI=1S/C44H39N3/c1-29(2)35-18-13-19-36(30(3)4)39(35)28-46-43-21-12-11-20-40(43)45-44(46)33-23-25-42-38(27-33)37-26-32(31-14-7-5-8-15-31)22-24-41(37)47(42)34-16-9-6-10-17-34/h5-27,29-30H,28H2,1-4H3. The van der Waals surface area contributed by atoms with E-state index >= 15 is 0 Å². The van der Waals surface area contributed by atoms with Crippen LogP contribution in [0.4, 0.5) is 0 Å². The molecule has 230 valence electrons. The summed E-state index contributed by atoms with van der Waals surface area (Å²) in [7, 11) is 0. The van der Waals surface area contributed by atoms with Crippen molar-refractivity contribution in [2.75, 3.05) is 0 Å². The molecule has 0 bridgehead atoms. The van der Waals surface area contributed by atoms with Crippen LogP contribution in [0.3, 0.4) is 0 Å². The van der Waals surface area contributed by atoms with E-state index in [9.17, 15) is 0 Å². The van der Waals surface area contributed by atoms with Crippen molar-refractivity contribution in [3.63, 3.8) is 0 Å². The molecular weight excluding hydrogens is 571 g/mol. The normalized spacial score (nSPS) is 11.9. The van der Waals surface area contributed by atoms with E-state index < -0.39 is 0 Å². The van der Waals surface area contributed by atoms with Gasteiger partial charge in [0.2, 0.25) is 0 Å². The second kappa shape index (κ2) is 11.7. The van der Waals surface area contributed by atoms with Crippen molar-refractivity contribution in [2.45, 2.75) is 46.1 Å². The average molecular weight is 610 g/mol. The third kappa shape index (κ3) is 5.03. The lowest BCUT2D eigenvalue weighted by molar-refractivity contribution is 0.750. The molecule has 0 saturated heterocycles. The molecule has 2 aromatic heterocycles. The van der Waals surface area contributed by atoms with Gasteiger partial charge in [0.15, 0.2) is 0 Å². The van der Waals surface area contributed by atoms with Crippen molar-refractivity contribution in [1.82, 2.24) is 14.1 Å². The highest BCUT2D eigenvalue weighted by molar-refractivity contribution is 6.11. The lowest BCUT2D eigenvalue weighted by Gasteiger charge is -2.21. The summed E-state index contributed by atoms with van der Waals surface area (Å²) in [4.78, 5) is 5.30. The van der Waals surface area contributed by atoms with Crippen molar-refractivity contribution in [2.24, 2.45) is 0 Å². The molecule has 3 heteroatoms. The summed E-state index contributed by atoms with van der Waals surface area (Å²) >= 11 is 0. The molecule has 47 heavy (non-hydrogen) atoms. The number of benzene rings is 6. The maximum absolute atomic E-state index is 5.30. The minimum Gasteiger partial charge on any atom is -0.319 e. The first-order valence-corrected chi connectivity index (χ1v) is 16.7. The highest BCUT2D eigenvalue weighted by atomic mass is 15.1. The molecule has 2 heterocycles. The van der Waals surface area contributed by atoms with Crippen LogP contribution < -0.4 is 0 Å². The molecule has 0 aliphatic heterocycles.